The number of aryl methyl sites for hydroxylation is 1. The summed E-state index contributed by atoms with van der Waals surface area (Å²) in [4.78, 5) is 26.4. The van der Waals surface area contributed by atoms with Crippen molar-refractivity contribution in [2.45, 2.75) is 24.9 Å². The molecule has 1 aromatic carbocycles. The van der Waals surface area contributed by atoms with Crippen molar-refractivity contribution < 1.29 is 14.3 Å². The van der Waals surface area contributed by atoms with E-state index in [1.165, 1.54) is 12.3 Å². The molecule has 1 aliphatic rings. The van der Waals surface area contributed by atoms with Crippen molar-refractivity contribution in [2.75, 3.05) is 13.1 Å². The van der Waals surface area contributed by atoms with Crippen LogP contribution in [0.2, 0.25) is 0 Å². The zero-order valence-electron chi connectivity index (χ0n) is 15.0. The molecule has 1 atom stereocenters. The van der Waals surface area contributed by atoms with Crippen LogP contribution < -0.4 is 5.43 Å². The molecule has 140 valence electrons. The number of fused-ring (bicyclic) bond motifs is 1. The lowest BCUT2D eigenvalue weighted by Crippen LogP contribution is -2.51. The van der Waals surface area contributed by atoms with Crippen LogP contribution in [0.15, 0.2) is 46.1 Å². The number of hydrogen-bond acceptors (Lipinski definition) is 6. The number of amides is 1. The van der Waals surface area contributed by atoms with Gasteiger partial charge in [0, 0.05) is 31.6 Å². The summed E-state index contributed by atoms with van der Waals surface area (Å²) < 4.78 is 7.12. The Morgan fingerprint density at radius 1 is 1.37 bits per heavy atom. The number of aromatic nitrogens is 3. The van der Waals surface area contributed by atoms with Crippen LogP contribution in [0.4, 0.5) is 0 Å². The molecule has 1 aliphatic heterocycles. The fourth-order valence-electron chi connectivity index (χ4n) is 3.59. The Bertz CT molecular complexity index is 1060. The fourth-order valence-corrected chi connectivity index (χ4v) is 3.59. The van der Waals surface area contributed by atoms with E-state index >= 15 is 0 Å². The van der Waals surface area contributed by atoms with Gasteiger partial charge in [0.25, 0.3) is 5.91 Å². The van der Waals surface area contributed by atoms with Gasteiger partial charge in [-0.3, -0.25) is 9.59 Å². The van der Waals surface area contributed by atoms with Crippen LogP contribution >= 0.6 is 0 Å². The van der Waals surface area contributed by atoms with Gasteiger partial charge in [0.2, 0.25) is 0 Å². The number of nitrogens with zero attached hydrogens (tertiary/aromatic N) is 4. The largest absolute Gasteiger partial charge is 0.464 e. The van der Waals surface area contributed by atoms with Crippen LogP contribution in [-0.4, -0.2) is 49.4 Å². The van der Waals surface area contributed by atoms with Crippen LogP contribution in [0.5, 0.6) is 0 Å². The number of rotatable bonds is 3. The van der Waals surface area contributed by atoms with Crippen molar-refractivity contribution in [2.24, 2.45) is 7.05 Å². The molecule has 3 aromatic rings. The van der Waals surface area contributed by atoms with Gasteiger partial charge < -0.3 is 19.0 Å². The van der Waals surface area contributed by atoms with Gasteiger partial charge in [0.1, 0.15) is 17.7 Å². The molecule has 0 aliphatic carbocycles. The van der Waals surface area contributed by atoms with Crippen LogP contribution in [0.1, 0.15) is 29.0 Å². The lowest BCUT2D eigenvalue weighted by Gasteiger charge is -2.39. The third kappa shape index (κ3) is 3.35. The smallest absolute Gasteiger partial charge is 0.254 e. The molecule has 27 heavy (non-hydrogen) atoms. The average molecular weight is 368 g/mol. The standard InChI is InChI=1S/C19H20N4O4/c1-22-12-20-21-17(22)10-19(26)6-2-7-23(11-19)18(25)13-3-4-14-15(24)5-8-27-16(14)9-13/h3-5,8-9,12,26H,2,6-7,10-11H2,1H3. The fraction of sp³-hybridized carbons (Fsp3) is 0.368. The molecule has 0 saturated carbocycles. The molecule has 1 amide bonds. The normalized spacial score (nSPS) is 20.1. The van der Waals surface area contributed by atoms with Crippen LogP contribution in [-0.2, 0) is 13.5 Å². The highest BCUT2D eigenvalue weighted by Gasteiger charge is 2.36. The first-order valence-electron chi connectivity index (χ1n) is 8.81. The zero-order chi connectivity index (χ0) is 19.0. The van der Waals surface area contributed by atoms with E-state index in [1.54, 1.807) is 34.0 Å². The van der Waals surface area contributed by atoms with Gasteiger partial charge in [0.05, 0.1) is 23.8 Å². The van der Waals surface area contributed by atoms with E-state index in [0.717, 1.165) is 0 Å². The SMILES string of the molecule is Cn1cnnc1CC1(O)CCCN(C(=O)c2ccc3c(=O)ccoc3c2)C1. The third-order valence-corrected chi connectivity index (χ3v) is 5.04. The minimum absolute atomic E-state index is 0.147. The summed E-state index contributed by atoms with van der Waals surface area (Å²) in [5.41, 5.74) is -0.385. The Morgan fingerprint density at radius 2 is 2.22 bits per heavy atom. The molecule has 1 fully saturated rings. The first-order valence-corrected chi connectivity index (χ1v) is 8.81. The molecule has 8 nitrogen and oxygen atoms in total. The van der Waals surface area contributed by atoms with E-state index in [0.29, 0.717) is 48.2 Å². The Hall–Kier alpha value is -3.00. The van der Waals surface area contributed by atoms with Gasteiger partial charge in [-0.05, 0) is 31.0 Å². The molecule has 0 bridgehead atoms. The molecule has 1 N–H and O–H groups in total. The summed E-state index contributed by atoms with van der Waals surface area (Å²) in [5, 5.41) is 19.3. The first-order chi connectivity index (χ1) is 13.0. The molecule has 8 heteroatoms. The van der Waals surface area contributed by atoms with Crippen LogP contribution in [0, 0.1) is 0 Å². The minimum Gasteiger partial charge on any atom is -0.464 e. The highest BCUT2D eigenvalue weighted by atomic mass is 16.3. The molecule has 1 saturated heterocycles. The predicted octanol–water partition coefficient (Wildman–Crippen LogP) is 1.13. The first kappa shape index (κ1) is 17.4. The summed E-state index contributed by atoms with van der Waals surface area (Å²) in [5.74, 6) is 0.485. The van der Waals surface area contributed by atoms with Gasteiger partial charge in [-0.15, -0.1) is 10.2 Å². The Labute approximate surface area is 155 Å². The zero-order valence-corrected chi connectivity index (χ0v) is 15.0. The van der Waals surface area contributed by atoms with Crippen molar-refractivity contribution in [3.63, 3.8) is 0 Å². The second kappa shape index (κ2) is 6.62. The maximum absolute atomic E-state index is 12.9. The Morgan fingerprint density at radius 3 is 3.00 bits per heavy atom. The number of benzene rings is 1. The Balaban J connectivity index is 1.56. The van der Waals surface area contributed by atoms with Crippen molar-refractivity contribution in [1.29, 1.82) is 0 Å². The second-order valence-electron chi connectivity index (χ2n) is 7.09. The molecule has 1 unspecified atom stereocenters. The summed E-state index contributed by atoms with van der Waals surface area (Å²) >= 11 is 0. The average Bonchev–Trinajstić information content (AvgIpc) is 3.05. The number of aliphatic hydroxyl groups is 1. The second-order valence-corrected chi connectivity index (χ2v) is 7.09. The van der Waals surface area contributed by atoms with Crippen molar-refractivity contribution in [1.82, 2.24) is 19.7 Å². The van der Waals surface area contributed by atoms with Crippen molar-refractivity contribution >= 4 is 16.9 Å². The number of β-amino-alcohol motifs (C(OH)–C–C–N with tert-alkyl or cyclic N) is 1. The maximum Gasteiger partial charge on any atom is 0.254 e. The highest BCUT2D eigenvalue weighted by molar-refractivity contribution is 5.97. The number of carbonyl (C=O) groups is 1. The Kier molecular flexibility index (Phi) is 4.27. The minimum atomic E-state index is -1.04. The van der Waals surface area contributed by atoms with E-state index in [-0.39, 0.29) is 17.9 Å². The number of likely N-dealkylation sites (tertiary alicyclic amines) is 1. The number of piperidine rings is 1. The summed E-state index contributed by atoms with van der Waals surface area (Å²) in [7, 11) is 1.83. The molecular formula is C19H20N4O4. The molecule has 0 radical (unpaired) electrons. The number of carbonyl (C=O) groups excluding carboxylic acids is 1. The van der Waals surface area contributed by atoms with E-state index in [4.69, 9.17) is 4.42 Å². The summed E-state index contributed by atoms with van der Waals surface area (Å²) in [6.45, 7) is 0.784. The number of hydrogen-bond donors (Lipinski definition) is 1. The quantitative estimate of drug-likeness (QED) is 0.744. The summed E-state index contributed by atoms with van der Waals surface area (Å²) in [6, 6.07) is 6.15. The molecule has 3 heterocycles. The lowest BCUT2D eigenvalue weighted by molar-refractivity contribution is -0.0258. The van der Waals surface area contributed by atoms with Gasteiger partial charge >= 0.3 is 0 Å². The van der Waals surface area contributed by atoms with E-state index in [2.05, 4.69) is 10.2 Å². The van der Waals surface area contributed by atoms with E-state index in [1.807, 2.05) is 7.05 Å². The van der Waals surface area contributed by atoms with Crippen molar-refractivity contribution in [3.05, 3.63) is 58.5 Å². The predicted molar refractivity (Wildman–Crippen MR) is 97.3 cm³/mol. The summed E-state index contributed by atoms with van der Waals surface area (Å²) in [6.07, 6.45) is 4.53. The monoisotopic (exact) mass is 368 g/mol. The molecule has 2 aromatic heterocycles. The van der Waals surface area contributed by atoms with Gasteiger partial charge in [-0.1, -0.05) is 0 Å². The third-order valence-electron chi connectivity index (χ3n) is 5.04. The van der Waals surface area contributed by atoms with Crippen LogP contribution in [0.25, 0.3) is 11.0 Å². The lowest BCUT2D eigenvalue weighted by atomic mass is 9.89. The van der Waals surface area contributed by atoms with Gasteiger partial charge in [-0.2, -0.15) is 0 Å². The van der Waals surface area contributed by atoms with E-state index in [9.17, 15) is 14.7 Å². The van der Waals surface area contributed by atoms with Gasteiger partial charge in [-0.25, -0.2) is 0 Å². The van der Waals surface area contributed by atoms with Crippen LogP contribution in [0.3, 0.4) is 0 Å². The highest BCUT2D eigenvalue weighted by Crippen LogP contribution is 2.26. The molecule has 4 rings (SSSR count). The van der Waals surface area contributed by atoms with Crippen molar-refractivity contribution in [3.8, 4) is 0 Å². The maximum atomic E-state index is 12.9. The topological polar surface area (TPSA) is 101 Å². The van der Waals surface area contributed by atoms with Gasteiger partial charge in [0.15, 0.2) is 5.43 Å². The van der Waals surface area contributed by atoms with E-state index < -0.39 is 5.60 Å². The molecule has 0 spiro atoms. The molecular weight excluding hydrogens is 348 g/mol.